The number of nitrogens with two attached hydrogens (primary N) is 1. The summed E-state index contributed by atoms with van der Waals surface area (Å²) < 4.78 is 0. The van der Waals surface area contributed by atoms with Crippen LogP contribution in [0, 0.1) is 6.92 Å². The Kier molecular flexibility index (Phi) is 4.01. The zero-order chi connectivity index (χ0) is 13.8. The first-order chi connectivity index (χ1) is 9.02. The molecule has 1 amide bonds. The Labute approximate surface area is 115 Å². The number of aryl methyl sites for hydroxylation is 1. The summed E-state index contributed by atoms with van der Waals surface area (Å²) in [6.07, 6.45) is 0. The second-order valence-electron chi connectivity index (χ2n) is 3.99. The molecule has 0 bridgehead atoms. The standard InChI is InChI=1S/C13H14N4OS/c1-8-15-12(14)7-13(16-8)19-11-5-3-10(4-6-11)17-9(2)18/h3-7H,1-2H3,(H,17,18)(H2,14,15,16). The molecule has 1 aromatic carbocycles. The van der Waals surface area contributed by atoms with Crippen LogP contribution in [-0.4, -0.2) is 15.9 Å². The highest BCUT2D eigenvalue weighted by Crippen LogP contribution is 2.27. The van der Waals surface area contributed by atoms with Crippen LogP contribution < -0.4 is 11.1 Å². The van der Waals surface area contributed by atoms with Crippen molar-refractivity contribution in [1.82, 2.24) is 9.97 Å². The molecule has 0 aliphatic heterocycles. The highest BCUT2D eigenvalue weighted by Gasteiger charge is 2.03. The second kappa shape index (κ2) is 5.71. The Morgan fingerprint density at radius 1 is 1.26 bits per heavy atom. The molecular weight excluding hydrogens is 260 g/mol. The zero-order valence-electron chi connectivity index (χ0n) is 10.7. The number of carbonyl (C=O) groups is 1. The Morgan fingerprint density at radius 3 is 2.53 bits per heavy atom. The molecule has 0 aliphatic carbocycles. The normalized spacial score (nSPS) is 10.2. The summed E-state index contributed by atoms with van der Waals surface area (Å²) in [6.45, 7) is 3.29. The first-order valence-corrected chi connectivity index (χ1v) is 6.51. The molecule has 0 radical (unpaired) electrons. The van der Waals surface area contributed by atoms with E-state index in [1.54, 1.807) is 13.0 Å². The predicted octanol–water partition coefficient (Wildman–Crippen LogP) is 2.48. The van der Waals surface area contributed by atoms with E-state index in [1.165, 1.54) is 18.7 Å². The minimum Gasteiger partial charge on any atom is -0.384 e. The molecule has 5 nitrogen and oxygen atoms in total. The van der Waals surface area contributed by atoms with Gasteiger partial charge in [0, 0.05) is 23.6 Å². The van der Waals surface area contributed by atoms with Gasteiger partial charge in [-0.3, -0.25) is 4.79 Å². The van der Waals surface area contributed by atoms with Gasteiger partial charge in [0.2, 0.25) is 5.91 Å². The summed E-state index contributed by atoms with van der Waals surface area (Å²) in [5.41, 5.74) is 6.45. The molecule has 2 rings (SSSR count). The van der Waals surface area contributed by atoms with E-state index in [4.69, 9.17) is 5.73 Å². The molecular formula is C13H14N4OS. The van der Waals surface area contributed by atoms with Gasteiger partial charge in [0.1, 0.15) is 16.7 Å². The van der Waals surface area contributed by atoms with Crippen molar-refractivity contribution in [3.63, 3.8) is 0 Å². The van der Waals surface area contributed by atoms with Crippen LogP contribution in [0.1, 0.15) is 12.7 Å². The van der Waals surface area contributed by atoms with Gasteiger partial charge in [0.25, 0.3) is 0 Å². The lowest BCUT2D eigenvalue weighted by Crippen LogP contribution is -2.05. The van der Waals surface area contributed by atoms with Crippen LogP contribution in [0.2, 0.25) is 0 Å². The van der Waals surface area contributed by atoms with Crippen LogP contribution in [0.25, 0.3) is 0 Å². The molecule has 2 aromatic rings. The third-order valence-electron chi connectivity index (χ3n) is 2.23. The van der Waals surface area contributed by atoms with Gasteiger partial charge in [-0.15, -0.1) is 0 Å². The predicted molar refractivity (Wildman–Crippen MR) is 76.1 cm³/mol. The number of nitrogens with one attached hydrogen (secondary N) is 1. The number of nitrogens with zero attached hydrogens (tertiary/aromatic N) is 2. The maximum Gasteiger partial charge on any atom is 0.221 e. The molecule has 3 N–H and O–H groups in total. The number of hydrogen-bond acceptors (Lipinski definition) is 5. The van der Waals surface area contributed by atoms with Crippen LogP contribution in [0.4, 0.5) is 11.5 Å². The quantitative estimate of drug-likeness (QED) is 0.840. The van der Waals surface area contributed by atoms with Crippen LogP contribution >= 0.6 is 11.8 Å². The van der Waals surface area contributed by atoms with Crippen LogP contribution in [0.15, 0.2) is 40.3 Å². The third-order valence-corrected chi connectivity index (χ3v) is 3.16. The number of rotatable bonds is 3. The van der Waals surface area contributed by atoms with Crippen molar-refractivity contribution in [2.45, 2.75) is 23.8 Å². The Balaban J connectivity index is 2.12. The molecule has 0 unspecified atom stereocenters. The fourth-order valence-electron chi connectivity index (χ4n) is 1.54. The molecule has 0 aliphatic rings. The van der Waals surface area contributed by atoms with E-state index in [0.29, 0.717) is 11.6 Å². The van der Waals surface area contributed by atoms with Gasteiger partial charge in [-0.05, 0) is 31.2 Å². The molecule has 19 heavy (non-hydrogen) atoms. The number of nitrogen functional groups attached to an aromatic ring is 1. The average Bonchev–Trinajstić information content (AvgIpc) is 2.29. The van der Waals surface area contributed by atoms with E-state index in [1.807, 2.05) is 24.3 Å². The van der Waals surface area contributed by atoms with Gasteiger partial charge in [-0.2, -0.15) is 0 Å². The van der Waals surface area contributed by atoms with Crippen molar-refractivity contribution in [2.75, 3.05) is 11.1 Å². The van der Waals surface area contributed by atoms with E-state index >= 15 is 0 Å². The fraction of sp³-hybridized carbons (Fsp3) is 0.154. The number of hydrogen-bond donors (Lipinski definition) is 2. The van der Waals surface area contributed by atoms with E-state index < -0.39 is 0 Å². The molecule has 0 saturated heterocycles. The first kappa shape index (κ1) is 13.4. The number of carbonyl (C=O) groups excluding carboxylic acids is 1. The summed E-state index contributed by atoms with van der Waals surface area (Å²) >= 11 is 1.50. The Morgan fingerprint density at radius 2 is 1.95 bits per heavy atom. The number of amides is 1. The highest BCUT2D eigenvalue weighted by molar-refractivity contribution is 7.99. The van der Waals surface area contributed by atoms with Crippen molar-refractivity contribution in [3.8, 4) is 0 Å². The number of anilines is 2. The summed E-state index contributed by atoms with van der Waals surface area (Å²) in [7, 11) is 0. The molecule has 1 aromatic heterocycles. The van der Waals surface area contributed by atoms with Crippen LogP contribution in [0.3, 0.4) is 0 Å². The molecule has 1 heterocycles. The third kappa shape index (κ3) is 3.96. The van der Waals surface area contributed by atoms with Gasteiger partial charge in [0.05, 0.1) is 0 Å². The fourth-order valence-corrected chi connectivity index (χ4v) is 2.42. The van der Waals surface area contributed by atoms with E-state index in [0.717, 1.165) is 15.6 Å². The van der Waals surface area contributed by atoms with Gasteiger partial charge in [-0.25, -0.2) is 9.97 Å². The van der Waals surface area contributed by atoms with E-state index in [9.17, 15) is 4.79 Å². The molecule has 0 atom stereocenters. The van der Waals surface area contributed by atoms with Crippen LogP contribution in [0.5, 0.6) is 0 Å². The lowest BCUT2D eigenvalue weighted by molar-refractivity contribution is -0.114. The van der Waals surface area contributed by atoms with Crippen molar-refractivity contribution in [1.29, 1.82) is 0 Å². The SMILES string of the molecule is CC(=O)Nc1ccc(Sc2cc(N)nc(C)n2)cc1. The number of aromatic nitrogens is 2. The summed E-state index contributed by atoms with van der Waals surface area (Å²) in [5.74, 6) is 1.03. The molecule has 0 saturated carbocycles. The van der Waals surface area contributed by atoms with E-state index in [-0.39, 0.29) is 5.91 Å². The van der Waals surface area contributed by atoms with Crippen molar-refractivity contribution in [3.05, 3.63) is 36.2 Å². The lowest BCUT2D eigenvalue weighted by Gasteiger charge is -2.05. The maximum absolute atomic E-state index is 10.9. The largest absolute Gasteiger partial charge is 0.384 e. The highest BCUT2D eigenvalue weighted by atomic mass is 32.2. The van der Waals surface area contributed by atoms with Gasteiger partial charge in [-0.1, -0.05) is 11.8 Å². The molecule has 6 heteroatoms. The first-order valence-electron chi connectivity index (χ1n) is 5.69. The van der Waals surface area contributed by atoms with Gasteiger partial charge >= 0.3 is 0 Å². The second-order valence-corrected chi connectivity index (χ2v) is 5.08. The molecule has 0 fully saturated rings. The summed E-state index contributed by atoms with van der Waals surface area (Å²) in [6, 6.07) is 9.27. The van der Waals surface area contributed by atoms with Crippen molar-refractivity contribution >= 4 is 29.2 Å². The minimum atomic E-state index is -0.0837. The monoisotopic (exact) mass is 274 g/mol. The topological polar surface area (TPSA) is 80.9 Å². The minimum absolute atomic E-state index is 0.0837. The Bertz CT molecular complexity index is 578. The Hall–Kier alpha value is -2.08. The number of benzene rings is 1. The average molecular weight is 274 g/mol. The zero-order valence-corrected chi connectivity index (χ0v) is 11.5. The van der Waals surface area contributed by atoms with Gasteiger partial charge < -0.3 is 11.1 Å². The smallest absolute Gasteiger partial charge is 0.221 e. The van der Waals surface area contributed by atoms with Crippen molar-refractivity contribution in [2.24, 2.45) is 0 Å². The molecule has 98 valence electrons. The lowest BCUT2D eigenvalue weighted by atomic mass is 10.3. The van der Waals surface area contributed by atoms with E-state index in [2.05, 4.69) is 15.3 Å². The van der Waals surface area contributed by atoms with Crippen LogP contribution in [-0.2, 0) is 4.79 Å². The summed E-state index contributed by atoms with van der Waals surface area (Å²) in [5, 5.41) is 3.52. The van der Waals surface area contributed by atoms with Gasteiger partial charge in [0.15, 0.2) is 0 Å². The molecule has 0 spiro atoms. The maximum atomic E-state index is 10.9. The van der Waals surface area contributed by atoms with Crippen molar-refractivity contribution < 1.29 is 4.79 Å². The summed E-state index contributed by atoms with van der Waals surface area (Å²) in [4.78, 5) is 20.3.